The molecule has 0 radical (unpaired) electrons. The third kappa shape index (κ3) is 4.52. The van der Waals surface area contributed by atoms with Gasteiger partial charge in [-0.1, -0.05) is 54.6 Å². The van der Waals surface area contributed by atoms with Crippen molar-refractivity contribution in [2.75, 3.05) is 0 Å². The maximum Gasteiger partial charge on any atom is 0.242 e. The summed E-state index contributed by atoms with van der Waals surface area (Å²) in [5, 5.41) is 4.49. The number of benzene rings is 3. The number of aromatic nitrogens is 4. The van der Waals surface area contributed by atoms with E-state index in [4.69, 9.17) is 4.74 Å². The van der Waals surface area contributed by atoms with Crippen LogP contribution in [0.2, 0.25) is 0 Å². The fourth-order valence-corrected chi connectivity index (χ4v) is 5.13. The van der Waals surface area contributed by atoms with E-state index in [1.165, 1.54) is 36.7 Å². The molecule has 0 unspecified atom stereocenters. The maximum absolute atomic E-state index is 13.9. The molecule has 7 nitrogen and oxygen atoms in total. The van der Waals surface area contributed by atoms with Gasteiger partial charge in [0, 0.05) is 12.5 Å². The lowest BCUT2D eigenvalue weighted by Crippen LogP contribution is -2.33. The highest BCUT2D eigenvalue weighted by molar-refractivity contribution is 5.75. The lowest BCUT2D eigenvalue weighted by Gasteiger charge is -2.35. The molecule has 1 atom stereocenters. The summed E-state index contributed by atoms with van der Waals surface area (Å²) >= 11 is 0. The third-order valence-electron chi connectivity index (χ3n) is 6.94. The number of aldehydes is 1. The Kier molecular flexibility index (Phi) is 6.32. The van der Waals surface area contributed by atoms with E-state index < -0.39 is 17.4 Å². The van der Waals surface area contributed by atoms with E-state index in [9.17, 15) is 18.4 Å². The van der Waals surface area contributed by atoms with Crippen LogP contribution in [0.1, 0.15) is 39.1 Å². The molecule has 3 heterocycles. The summed E-state index contributed by atoms with van der Waals surface area (Å²) < 4.78 is 37.3. The molecule has 3 aromatic carbocycles. The molecule has 5 aromatic rings. The molecular weight excluding hydrogens is 502 g/mol. The van der Waals surface area contributed by atoms with E-state index in [0.717, 1.165) is 16.7 Å². The standard InChI is InChI=1S/C30H22F2N4O3/c31-22-10-6-20(7-11-22)27(21-8-12-23(32)13-9-21)25-16-35-24(17-37)14-33-30(35)28-29(26(38)15-34-36(25)28)39-18-19-4-2-1-3-5-19/h1-15,17,25,27H,16,18H2/t25-/m1/s1. The zero-order chi connectivity index (χ0) is 26.9. The molecule has 1 aliphatic heterocycles. The number of halogens is 2. The minimum atomic E-state index is -0.504. The highest BCUT2D eigenvalue weighted by Crippen LogP contribution is 2.43. The predicted octanol–water partition coefficient (Wildman–Crippen LogP) is 5.16. The first-order valence-corrected chi connectivity index (χ1v) is 12.3. The van der Waals surface area contributed by atoms with Gasteiger partial charge in [-0.05, 0) is 41.0 Å². The fourth-order valence-electron chi connectivity index (χ4n) is 5.13. The van der Waals surface area contributed by atoms with Gasteiger partial charge >= 0.3 is 0 Å². The Morgan fingerprint density at radius 1 is 0.923 bits per heavy atom. The molecule has 0 spiro atoms. The lowest BCUT2D eigenvalue weighted by atomic mass is 9.84. The van der Waals surface area contributed by atoms with Crippen LogP contribution < -0.4 is 10.2 Å². The minimum absolute atomic E-state index is 0.0554. The first kappa shape index (κ1) is 24.4. The van der Waals surface area contributed by atoms with Gasteiger partial charge in [0.2, 0.25) is 5.43 Å². The molecule has 0 amide bonds. The topological polar surface area (TPSA) is 79.0 Å². The Hall–Kier alpha value is -4.92. The van der Waals surface area contributed by atoms with Gasteiger partial charge in [-0.15, -0.1) is 0 Å². The van der Waals surface area contributed by atoms with Gasteiger partial charge in [-0.3, -0.25) is 14.3 Å². The zero-order valence-electron chi connectivity index (χ0n) is 20.6. The van der Waals surface area contributed by atoms with E-state index in [1.54, 1.807) is 33.5 Å². The average Bonchev–Trinajstić information content (AvgIpc) is 3.38. The summed E-state index contributed by atoms with van der Waals surface area (Å²) in [7, 11) is 0. The van der Waals surface area contributed by atoms with E-state index in [0.29, 0.717) is 23.5 Å². The number of hydrogen-bond acceptors (Lipinski definition) is 5. The number of rotatable bonds is 7. The number of carbonyl (C=O) groups excluding carboxylic acids is 1. The van der Waals surface area contributed by atoms with Gasteiger partial charge in [0.15, 0.2) is 17.9 Å². The van der Waals surface area contributed by atoms with Gasteiger partial charge in [0.1, 0.15) is 29.6 Å². The van der Waals surface area contributed by atoms with Crippen LogP contribution in [0.25, 0.3) is 11.5 Å². The smallest absolute Gasteiger partial charge is 0.242 e. The molecule has 1 aliphatic rings. The van der Waals surface area contributed by atoms with Crippen molar-refractivity contribution >= 4 is 6.29 Å². The molecule has 0 saturated carbocycles. The van der Waals surface area contributed by atoms with E-state index >= 15 is 0 Å². The summed E-state index contributed by atoms with van der Waals surface area (Å²) in [6.45, 7) is 0.405. The van der Waals surface area contributed by atoms with Crippen molar-refractivity contribution in [3.63, 3.8) is 0 Å². The third-order valence-corrected chi connectivity index (χ3v) is 6.94. The van der Waals surface area contributed by atoms with Gasteiger partial charge in [-0.2, -0.15) is 5.10 Å². The Morgan fingerprint density at radius 2 is 1.56 bits per heavy atom. The Balaban J connectivity index is 1.55. The Labute approximate surface area is 222 Å². The molecule has 39 heavy (non-hydrogen) atoms. The largest absolute Gasteiger partial charge is 0.483 e. The van der Waals surface area contributed by atoms with Crippen LogP contribution in [0.5, 0.6) is 5.75 Å². The second kappa shape index (κ2) is 10.1. The molecule has 0 saturated heterocycles. The van der Waals surface area contributed by atoms with Crippen molar-refractivity contribution in [3.8, 4) is 17.3 Å². The SMILES string of the molecule is O=Cc1cnc2n1C[C@H](C(c1ccc(F)cc1)c1ccc(F)cc1)n1ncc(=O)c(OCc3ccccc3)c1-2. The van der Waals surface area contributed by atoms with Crippen LogP contribution in [0.15, 0.2) is 96.1 Å². The summed E-state index contributed by atoms with van der Waals surface area (Å²) in [6.07, 6.45) is 3.34. The van der Waals surface area contributed by atoms with Crippen LogP contribution in [-0.4, -0.2) is 25.6 Å². The van der Waals surface area contributed by atoms with Crippen molar-refractivity contribution in [3.05, 3.63) is 135 Å². The zero-order valence-corrected chi connectivity index (χ0v) is 20.6. The molecule has 194 valence electrons. The first-order chi connectivity index (χ1) is 19.0. The molecular formula is C30H22F2N4O3. The number of fused-ring (bicyclic) bond motifs is 3. The quantitative estimate of drug-likeness (QED) is 0.275. The van der Waals surface area contributed by atoms with E-state index in [2.05, 4.69) is 10.1 Å². The number of nitrogens with zero attached hydrogens (tertiary/aromatic N) is 4. The molecule has 0 bridgehead atoms. The summed E-state index contributed by atoms with van der Waals surface area (Å²) in [5.74, 6) is -0.798. The fraction of sp³-hybridized carbons (Fsp3) is 0.133. The number of carbonyl (C=O) groups is 1. The summed E-state index contributed by atoms with van der Waals surface area (Å²) in [5.41, 5.74) is 2.60. The van der Waals surface area contributed by atoms with Crippen LogP contribution in [0, 0.1) is 11.6 Å². The van der Waals surface area contributed by atoms with Crippen molar-refractivity contribution < 1.29 is 18.3 Å². The normalized spacial score (nSPS) is 14.1. The second-order valence-electron chi connectivity index (χ2n) is 9.29. The monoisotopic (exact) mass is 524 g/mol. The van der Waals surface area contributed by atoms with Crippen molar-refractivity contribution in [1.29, 1.82) is 0 Å². The number of ether oxygens (including phenoxy) is 1. The highest BCUT2D eigenvalue weighted by Gasteiger charge is 2.37. The minimum Gasteiger partial charge on any atom is -0.483 e. The van der Waals surface area contributed by atoms with Gasteiger partial charge in [0.25, 0.3) is 0 Å². The van der Waals surface area contributed by atoms with Crippen molar-refractivity contribution in [2.45, 2.75) is 25.1 Å². The highest BCUT2D eigenvalue weighted by atomic mass is 19.1. The molecule has 9 heteroatoms. The summed E-state index contributed by atoms with van der Waals surface area (Å²) in [6, 6.07) is 21.0. The lowest BCUT2D eigenvalue weighted by molar-refractivity contribution is 0.111. The Bertz CT molecular complexity index is 1650. The van der Waals surface area contributed by atoms with Gasteiger partial charge < -0.3 is 9.30 Å². The summed E-state index contributed by atoms with van der Waals surface area (Å²) in [4.78, 5) is 29.5. The van der Waals surface area contributed by atoms with Crippen molar-refractivity contribution in [1.82, 2.24) is 19.3 Å². The molecule has 2 aromatic heterocycles. The van der Waals surface area contributed by atoms with Gasteiger partial charge in [0.05, 0.1) is 18.4 Å². The molecule has 0 N–H and O–H groups in total. The number of imidazole rings is 1. The molecule has 0 fully saturated rings. The Morgan fingerprint density at radius 3 is 2.18 bits per heavy atom. The maximum atomic E-state index is 13.9. The predicted molar refractivity (Wildman–Crippen MR) is 140 cm³/mol. The van der Waals surface area contributed by atoms with E-state index in [-0.39, 0.29) is 30.5 Å². The second-order valence-corrected chi connectivity index (χ2v) is 9.29. The van der Waals surface area contributed by atoms with Gasteiger partial charge in [-0.25, -0.2) is 13.8 Å². The molecule has 6 rings (SSSR count). The van der Waals surface area contributed by atoms with Crippen LogP contribution in [-0.2, 0) is 13.2 Å². The first-order valence-electron chi connectivity index (χ1n) is 12.3. The number of hydrogen-bond donors (Lipinski definition) is 0. The average molecular weight is 525 g/mol. The van der Waals surface area contributed by atoms with E-state index in [1.807, 2.05) is 30.3 Å². The van der Waals surface area contributed by atoms with Crippen LogP contribution in [0.4, 0.5) is 8.78 Å². The van der Waals surface area contributed by atoms with Crippen molar-refractivity contribution in [2.24, 2.45) is 0 Å². The van der Waals surface area contributed by atoms with Crippen LogP contribution in [0.3, 0.4) is 0 Å². The van der Waals surface area contributed by atoms with Crippen LogP contribution >= 0.6 is 0 Å². The molecule has 0 aliphatic carbocycles.